The lowest BCUT2D eigenvalue weighted by Crippen LogP contribution is -2.41. The maximum atomic E-state index is 12.5. The van der Waals surface area contributed by atoms with Crippen LogP contribution in [0.2, 0.25) is 0 Å². The van der Waals surface area contributed by atoms with E-state index in [0.717, 1.165) is 14.7 Å². The first-order valence-corrected chi connectivity index (χ1v) is 8.48. The van der Waals surface area contributed by atoms with Crippen molar-refractivity contribution in [2.24, 2.45) is 0 Å². The van der Waals surface area contributed by atoms with Gasteiger partial charge in [0.25, 0.3) is 0 Å². The lowest BCUT2D eigenvalue weighted by atomic mass is 10.0. The van der Waals surface area contributed by atoms with Gasteiger partial charge in [0.05, 0.1) is 12.5 Å². The van der Waals surface area contributed by atoms with Crippen LogP contribution in [-0.2, 0) is 22.4 Å². The molecule has 0 bridgehead atoms. The molecule has 0 N–H and O–H groups in total. The molecule has 0 aromatic heterocycles. The van der Waals surface area contributed by atoms with E-state index in [1.807, 2.05) is 54.6 Å². The quantitative estimate of drug-likeness (QED) is 0.711. The number of hydrogen-bond donors (Lipinski definition) is 0. The summed E-state index contributed by atoms with van der Waals surface area (Å²) < 4.78 is 6.21. The number of ether oxygens (including phenoxy) is 1. The number of benzene rings is 2. The van der Waals surface area contributed by atoms with E-state index in [-0.39, 0.29) is 25.0 Å². The number of cyclic esters (lactones) is 1. The minimum atomic E-state index is -0.540. The van der Waals surface area contributed by atoms with E-state index in [9.17, 15) is 9.59 Å². The Bertz CT molecular complexity index is 700. The summed E-state index contributed by atoms with van der Waals surface area (Å²) in [7, 11) is 0. The molecule has 1 saturated heterocycles. The molecule has 2 aromatic rings. The summed E-state index contributed by atoms with van der Waals surface area (Å²) in [5.41, 5.74) is 1.98. The van der Waals surface area contributed by atoms with Crippen LogP contribution in [0.5, 0.6) is 0 Å². The molecule has 5 heteroatoms. The number of carbonyl (C=O) groups is 2. The van der Waals surface area contributed by atoms with Gasteiger partial charge in [-0.25, -0.2) is 9.69 Å². The molecule has 1 fully saturated rings. The molecule has 0 unspecified atom stereocenters. The van der Waals surface area contributed by atoms with Gasteiger partial charge < -0.3 is 4.74 Å². The van der Waals surface area contributed by atoms with E-state index >= 15 is 0 Å². The lowest BCUT2D eigenvalue weighted by Gasteiger charge is -2.19. The minimum Gasteiger partial charge on any atom is -0.447 e. The largest absolute Gasteiger partial charge is 0.447 e. The molecule has 118 valence electrons. The summed E-state index contributed by atoms with van der Waals surface area (Å²) in [6, 6.07) is 17.3. The average molecular weight is 421 g/mol. The molecule has 23 heavy (non-hydrogen) atoms. The van der Waals surface area contributed by atoms with Crippen LogP contribution >= 0.6 is 22.6 Å². The van der Waals surface area contributed by atoms with Crippen molar-refractivity contribution in [3.63, 3.8) is 0 Å². The van der Waals surface area contributed by atoms with Crippen LogP contribution in [0.25, 0.3) is 0 Å². The van der Waals surface area contributed by atoms with Gasteiger partial charge in [-0.1, -0.05) is 42.5 Å². The third-order valence-corrected chi connectivity index (χ3v) is 4.53. The maximum absolute atomic E-state index is 12.5. The van der Waals surface area contributed by atoms with Crippen molar-refractivity contribution in [3.05, 3.63) is 69.3 Å². The number of nitrogens with zero attached hydrogens (tertiary/aromatic N) is 1. The standard InChI is InChI=1S/C18H16INO3/c19-15-8-6-14(7-9-15)11-17(21)20-16(12-23-18(20)22)10-13-4-2-1-3-5-13/h1-9,16H,10-12H2/t16-/m0/s1. The molecular weight excluding hydrogens is 405 g/mol. The van der Waals surface area contributed by atoms with Crippen molar-refractivity contribution >= 4 is 34.6 Å². The third-order valence-electron chi connectivity index (χ3n) is 3.81. The maximum Gasteiger partial charge on any atom is 0.416 e. The average Bonchev–Trinajstić information content (AvgIpc) is 2.91. The van der Waals surface area contributed by atoms with Crippen molar-refractivity contribution in [1.29, 1.82) is 0 Å². The summed E-state index contributed by atoms with van der Waals surface area (Å²) in [5, 5.41) is 0. The summed E-state index contributed by atoms with van der Waals surface area (Å²) in [5.74, 6) is -0.213. The molecule has 1 heterocycles. The van der Waals surface area contributed by atoms with Crippen LogP contribution in [0.3, 0.4) is 0 Å². The molecule has 0 saturated carbocycles. The van der Waals surface area contributed by atoms with Crippen molar-refractivity contribution in [1.82, 2.24) is 4.90 Å². The van der Waals surface area contributed by atoms with Gasteiger partial charge in [-0.05, 0) is 52.3 Å². The molecule has 1 aliphatic heterocycles. The van der Waals surface area contributed by atoms with Crippen molar-refractivity contribution in [2.75, 3.05) is 6.61 Å². The lowest BCUT2D eigenvalue weighted by molar-refractivity contribution is -0.128. The molecule has 2 amide bonds. The molecule has 1 aliphatic rings. The zero-order chi connectivity index (χ0) is 16.2. The van der Waals surface area contributed by atoms with E-state index in [0.29, 0.717) is 6.42 Å². The van der Waals surface area contributed by atoms with E-state index in [2.05, 4.69) is 22.6 Å². The first-order valence-electron chi connectivity index (χ1n) is 7.40. The summed E-state index contributed by atoms with van der Waals surface area (Å²) in [6.45, 7) is 0.256. The zero-order valence-corrected chi connectivity index (χ0v) is 14.6. The Labute approximate surface area is 148 Å². The van der Waals surface area contributed by atoms with E-state index < -0.39 is 6.09 Å². The highest BCUT2D eigenvalue weighted by atomic mass is 127. The Balaban J connectivity index is 1.71. The fraction of sp³-hybridized carbons (Fsp3) is 0.222. The molecular formula is C18H16INO3. The highest BCUT2D eigenvalue weighted by Gasteiger charge is 2.37. The Kier molecular flexibility index (Phi) is 4.95. The van der Waals surface area contributed by atoms with Crippen LogP contribution < -0.4 is 0 Å². The summed E-state index contributed by atoms with van der Waals surface area (Å²) in [6.07, 6.45) is 0.281. The number of imide groups is 1. The van der Waals surface area contributed by atoms with Gasteiger partial charge in [0.15, 0.2) is 0 Å². The van der Waals surface area contributed by atoms with Crippen LogP contribution in [0.4, 0.5) is 4.79 Å². The summed E-state index contributed by atoms with van der Waals surface area (Å²) in [4.78, 5) is 25.7. The first kappa shape index (κ1) is 16.0. The van der Waals surface area contributed by atoms with Gasteiger partial charge in [0.1, 0.15) is 6.61 Å². The topological polar surface area (TPSA) is 46.6 Å². The van der Waals surface area contributed by atoms with Crippen molar-refractivity contribution in [2.45, 2.75) is 18.9 Å². The Hall–Kier alpha value is -1.89. The predicted molar refractivity (Wildman–Crippen MR) is 95.0 cm³/mol. The van der Waals surface area contributed by atoms with Crippen molar-refractivity contribution < 1.29 is 14.3 Å². The Morgan fingerprint density at radius 1 is 1.09 bits per heavy atom. The van der Waals surface area contributed by atoms with Crippen LogP contribution in [0.1, 0.15) is 11.1 Å². The minimum absolute atomic E-state index is 0.206. The molecule has 4 nitrogen and oxygen atoms in total. The van der Waals surface area contributed by atoms with Gasteiger partial charge >= 0.3 is 6.09 Å². The number of halogens is 1. The second-order valence-corrected chi connectivity index (χ2v) is 6.73. The molecule has 0 radical (unpaired) electrons. The second kappa shape index (κ2) is 7.12. The second-order valence-electron chi connectivity index (χ2n) is 5.49. The number of hydrogen-bond acceptors (Lipinski definition) is 3. The smallest absolute Gasteiger partial charge is 0.416 e. The fourth-order valence-corrected chi connectivity index (χ4v) is 3.02. The molecule has 1 atom stereocenters. The SMILES string of the molecule is O=C(Cc1ccc(I)cc1)N1C(=O)OC[C@@H]1Cc1ccccc1. The van der Waals surface area contributed by atoms with Crippen LogP contribution in [0.15, 0.2) is 54.6 Å². The fourth-order valence-electron chi connectivity index (χ4n) is 2.66. The highest BCUT2D eigenvalue weighted by molar-refractivity contribution is 14.1. The first-order chi connectivity index (χ1) is 11.1. The van der Waals surface area contributed by atoms with Gasteiger partial charge in [-0.15, -0.1) is 0 Å². The molecule has 0 spiro atoms. The Morgan fingerprint density at radius 2 is 1.78 bits per heavy atom. The van der Waals surface area contributed by atoms with Gasteiger partial charge in [-0.3, -0.25) is 4.79 Å². The number of rotatable bonds is 4. The molecule has 3 rings (SSSR count). The number of amides is 2. The number of carbonyl (C=O) groups excluding carboxylic acids is 2. The zero-order valence-electron chi connectivity index (χ0n) is 12.4. The van der Waals surface area contributed by atoms with E-state index in [1.165, 1.54) is 4.90 Å². The van der Waals surface area contributed by atoms with Crippen molar-refractivity contribution in [3.8, 4) is 0 Å². The van der Waals surface area contributed by atoms with E-state index in [1.54, 1.807) is 0 Å². The van der Waals surface area contributed by atoms with Crippen LogP contribution in [-0.4, -0.2) is 29.5 Å². The Morgan fingerprint density at radius 3 is 2.48 bits per heavy atom. The highest BCUT2D eigenvalue weighted by Crippen LogP contribution is 2.19. The van der Waals surface area contributed by atoms with Gasteiger partial charge in [-0.2, -0.15) is 0 Å². The molecule has 0 aliphatic carbocycles. The van der Waals surface area contributed by atoms with Gasteiger partial charge in [0, 0.05) is 3.57 Å². The van der Waals surface area contributed by atoms with Crippen LogP contribution in [0, 0.1) is 3.57 Å². The van der Waals surface area contributed by atoms with E-state index in [4.69, 9.17) is 4.74 Å². The predicted octanol–water partition coefficient (Wildman–Crippen LogP) is 3.42. The molecule has 2 aromatic carbocycles. The third kappa shape index (κ3) is 3.90. The normalized spacial score (nSPS) is 17.2. The summed E-state index contributed by atoms with van der Waals surface area (Å²) >= 11 is 2.22. The monoisotopic (exact) mass is 421 g/mol. The van der Waals surface area contributed by atoms with Gasteiger partial charge in [0.2, 0.25) is 5.91 Å².